The Labute approximate surface area is 178 Å². The number of likely N-dealkylation sites (tertiary alicyclic amines) is 1. The molecule has 2 aliphatic rings. The molecular formula is C20H23F2N3O3S2. The maximum atomic E-state index is 14.1. The van der Waals surface area contributed by atoms with Crippen molar-refractivity contribution in [1.82, 2.24) is 14.6 Å². The zero-order valence-corrected chi connectivity index (χ0v) is 18.1. The highest BCUT2D eigenvalue weighted by molar-refractivity contribution is 7.88. The van der Waals surface area contributed by atoms with Gasteiger partial charge in [-0.05, 0) is 31.4 Å². The van der Waals surface area contributed by atoms with E-state index in [1.165, 1.54) is 23.5 Å². The Morgan fingerprint density at radius 2 is 2.07 bits per heavy atom. The molecule has 1 aliphatic carbocycles. The summed E-state index contributed by atoms with van der Waals surface area (Å²) in [5, 5.41) is 2.10. The van der Waals surface area contributed by atoms with Gasteiger partial charge in [-0.1, -0.05) is 12.5 Å². The lowest BCUT2D eigenvalue weighted by molar-refractivity contribution is -0.139. The zero-order valence-electron chi connectivity index (χ0n) is 16.5. The van der Waals surface area contributed by atoms with Crippen molar-refractivity contribution < 1.29 is 22.0 Å². The molecule has 1 aliphatic heterocycles. The Hall–Kier alpha value is -1.91. The molecule has 10 heteroatoms. The lowest BCUT2D eigenvalue weighted by Crippen LogP contribution is -2.49. The largest absolute Gasteiger partial charge is 0.337 e. The van der Waals surface area contributed by atoms with Crippen molar-refractivity contribution in [2.75, 3.05) is 12.8 Å². The van der Waals surface area contributed by atoms with Crippen LogP contribution in [0.2, 0.25) is 0 Å². The number of hydrogen-bond acceptors (Lipinski definition) is 5. The van der Waals surface area contributed by atoms with Crippen LogP contribution in [0.4, 0.5) is 8.78 Å². The van der Waals surface area contributed by atoms with Gasteiger partial charge in [0.15, 0.2) is 11.6 Å². The fourth-order valence-corrected chi connectivity index (χ4v) is 5.77. The van der Waals surface area contributed by atoms with E-state index in [9.17, 15) is 22.0 Å². The molecule has 2 fully saturated rings. The Morgan fingerprint density at radius 1 is 1.30 bits per heavy atom. The van der Waals surface area contributed by atoms with Crippen LogP contribution in [0.1, 0.15) is 31.4 Å². The molecule has 1 amide bonds. The van der Waals surface area contributed by atoms with E-state index in [-0.39, 0.29) is 23.4 Å². The fraction of sp³-hybridized carbons (Fsp3) is 0.500. The Bertz CT molecular complexity index is 1050. The Kier molecular flexibility index (Phi) is 5.91. The average molecular weight is 456 g/mol. The summed E-state index contributed by atoms with van der Waals surface area (Å²) in [6, 6.07) is 3.19. The van der Waals surface area contributed by atoms with E-state index >= 15 is 0 Å². The summed E-state index contributed by atoms with van der Waals surface area (Å²) in [6.07, 6.45) is 4.76. The van der Waals surface area contributed by atoms with Crippen molar-refractivity contribution >= 4 is 27.3 Å². The third kappa shape index (κ3) is 4.40. The number of nitrogens with zero attached hydrogens (tertiary/aromatic N) is 2. The molecule has 0 spiro atoms. The number of aromatic nitrogens is 1. The van der Waals surface area contributed by atoms with Gasteiger partial charge in [0, 0.05) is 35.9 Å². The first-order valence-corrected chi connectivity index (χ1v) is 12.7. The van der Waals surface area contributed by atoms with Crippen molar-refractivity contribution in [3.63, 3.8) is 0 Å². The molecule has 2 heterocycles. The number of carbonyl (C=O) groups excluding carboxylic acids is 1. The van der Waals surface area contributed by atoms with Crippen LogP contribution in [-0.4, -0.2) is 49.1 Å². The fourth-order valence-electron chi connectivity index (χ4n) is 4.09. The Balaban J connectivity index is 1.58. The van der Waals surface area contributed by atoms with Crippen LogP contribution in [0.25, 0.3) is 10.6 Å². The summed E-state index contributed by atoms with van der Waals surface area (Å²) in [5.41, 5.74) is 0.711. The highest BCUT2D eigenvalue weighted by atomic mass is 32.2. The second-order valence-electron chi connectivity index (χ2n) is 7.96. The van der Waals surface area contributed by atoms with Crippen LogP contribution in [0.3, 0.4) is 0 Å². The van der Waals surface area contributed by atoms with E-state index in [0.29, 0.717) is 30.1 Å². The molecule has 0 radical (unpaired) electrons. The van der Waals surface area contributed by atoms with Crippen molar-refractivity contribution in [3.05, 3.63) is 40.9 Å². The summed E-state index contributed by atoms with van der Waals surface area (Å²) < 4.78 is 53.9. The minimum absolute atomic E-state index is 0.0110. The lowest BCUT2D eigenvalue weighted by atomic mass is 9.84. The van der Waals surface area contributed by atoms with Crippen LogP contribution in [0, 0.1) is 17.6 Å². The van der Waals surface area contributed by atoms with Crippen molar-refractivity contribution in [3.8, 4) is 10.6 Å². The first-order chi connectivity index (χ1) is 14.2. The molecule has 2 aromatic rings. The summed E-state index contributed by atoms with van der Waals surface area (Å²) in [7, 11) is -3.44. The molecule has 30 heavy (non-hydrogen) atoms. The number of carbonyl (C=O) groups is 1. The van der Waals surface area contributed by atoms with Crippen molar-refractivity contribution in [1.29, 1.82) is 0 Å². The molecule has 1 saturated heterocycles. The molecule has 1 saturated carbocycles. The van der Waals surface area contributed by atoms with Gasteiger partial charge in [0.05, 0.1) is 18.0 Å². The lowest BCUT2D eigenvalue weighted by Gasteiger charge is -2.34. The number of rotatable bonds is 6. The second-order valence-corrected chi connectivity index (χ2v) is 10.6. The van der Waals surface area contributed by atoms with Crippen LogP contribution < -0.4 is 4.72 Å². The molecule has 162 valence electrons. The van der Waals surface area contributed by atoms with E-state index in [1.54, 1.807) is 10.3 Å². The highest BCUT2D eigenvalue weighted by Crippen LogP contribution is 2.33. The maximum absolute atomic E-state index is 14.1. The summed E-state index contributed by atoms with van der Waals surface area (Å²) in [6.45, 7) is 0.489. The number of amides is 1. The molecule has 2 atom stereocenters. The molecule has 6 nitrogen and oxygen atoms in total. The molecular weight excluding hydrogens is 432 g/mol. The van der Waals surface area contributed by atoms with Crippen LogP contribution in [-0.2, 0) is 21.2 Å². The minimum atomic E-state index is -3.44. The maximum Gasteiger partial charge on any atom is 0.225 e. The topological polar surface area (TPSA) is 79.4 Å². The first kappa shape index (κ1) is 21.3. The second kappa shape index (κ2) is 8.32. The normalized spacial score (nSPS) is 22.3. The third-order valence-electron chi connectivity index (χ3n) is 5.80. The van der Waals surface area contributed by atoms with Gasteiger partial charge in [-0.2, -0.15) is 0 Å². The Morgan fingerprint density at radius 3 is 2.73 bits per heavy atom. The van der Waals surface area contributed by atoms with E-state index < -0.39 is 27.7 Å². The van der Waals surface area contributed by atoms with E-state index in [2.05, 4.69) is 9.71 Å². The van der Waals surface area contributed by atoms with E-state index in [1.807, 2.05) is 0 Å². The quantitative estimate of drug-likeness (QED) is 0.726. The van der Waals surface area contributed by atoms with Gasteiger partial charge in [0.1, 0.15) is 5.01 Å². The summed E-state index contributed by atoms with van der Waals surface area (Å²) >= 11 is 1.19. The smallest absolute Gasteiger partial charge is 0.225 e. The van der Waals surface area contributed by atoms with E-state index in [0.717, 1.165) is 31.6 Å². The monoisotopic (exact) mass is 455 g/mol. The third-order valence-corrected chi connectivity index (χ3v) is 7.46. The predicted molar refractivity (Wildman–Crippen MR) is 110 cm³/mol. The van der Waals surface area contributed by atoms with Gasteiger partial charge in [-0.3, -0.25) is 4.79 Å². The number of sulfonamides is 1. The average Bonchev–Trinajstić information content (AvgIpc) is 3.23. The SMILES string of the molecule is CS(=O)(=O)N[C@H]1CCN(C(=O)C2CCC2)[C@H]1Cc1csc(-c2cccc(F)c2F)n1. The van der Waals surface area contributed by atoms with Gasteiger partial charge in [-0.15, -0.1) is 11.3 Å². The number of benzene rings is 1. The first-order valence-electron chi connectivity index (χ1n) is 9.89. The summed E-state index contributed by atoms with van der Waals surface area (Å²) in [4.78, 5) is 19.1. The molecule has 0 unspecified atom stereocenters. The minimum Gasteiger partial charge on any atom is -0.337 e. The van der Waals surface area contributed by atoms with Crippen molar-refractivity contribution in [2.24, 2.45) is 5.92 Å². The number of nitrogens with one attached hydrogen (secondary N) is 1. The predicted octanol–water partition coefficient (Wildman–Crippen LogP) is 2.95. The molecule has 4 rings (SSSR count). The van der Waals surface area contributed by atoms with Crippen LogP contribution in [0.5, 0.6) is 0 Å². The highest BCUT2D eigenvalue weighted by Gasteiger charge is 2.41. The van der Waals surface area contributed by atoms with Crippen LogP contribution >= 0.6 is 11.3 Å². The molecule has 0 bridgehead atoms. The number of halogens is 2. The summed E-state index contributed by atoms with van der Waals surface area (Å²) in [5.74, 6) is -1.81. The molecule has 1 N–H and O–H groups in total. The van der Waals surface area contributed by atoms with Crippen LogP contribution in [0.15, 0.2) is 23.6 Å². The van der Waals surface area contributed by atoms with Gasteiger partial charge < -0.3 is 4.90 Å². The van der Waals surface area contributed by atoms with Gasteiger partial charge in [0.2, 0.25) is 15.9 Å². The number of hydrogen-bond donors (Lipinski definition) is 1. The standard InChI is InChI=1S/C20H23F2N3O3S2/c1-30(27,28)24-16-8-9-25(20(26)12-4-2-5-12)17(16)10-13-11-29-19(23-13)14-6-3-7-15(21)18(14)22/h3,6-7,11-12,16-17,24H,2,4-5,8-10H2,1H3/t16-,17-/m0/s1. The van der Waals surface area contributed by atoms with Gasteiger partial charge >= 0.3 is 0 Å². The zero-order chi connectivity index (χ0) is 21.5. The van der Waals surface area contributed by atoms with Gasteiger partial charge in [-0.25, -0.2) is 26.9 Å². The van der Waals surface area contributed by atoms with E-state index in [4.69, 9.17) is 0 Å². The molecule has 1 aromatic heterocycles. The van der Waals surface area contributed by atoms with Gasteiger partial charge in [0.25, 0.3) is 0 Å². The number of thiazole rings is 1. The van der Waals surface area contributed by atoms with Crippen molar-refractivity contribution in [2.45, 2.75) is 44.2 Å². The molecule has 1 aromatic carbocycles.